The zero-order valence-corrected chi connectivity index (χ0v) is 18.0. The van der Waals surface area contributed by atoms with Crippen molar-refractivity contribution >= 4 is 18.0 Å². The summed E-state index contributed by atoms with van der Waals surface area (Å²) in [6.07, 6.45) is 6.66. The average molecular weight is 426 g/mol. The molecule has 30 heavy (non-hydrogen) atoms. The van der Waals surface area contributed by atoms with E-state index >= 15 is 0 Å². The van der Waals surface area contributed by atoms with Crippen LogP contribution in [0.1, 0.15) is 22.3 Å². The van der Waals surface area contributed by atoms with E-state index in [2.05, 4.69) is 27.4 Å². The van der Waals surface area contributed by atoms with Gasteiger partial charge in [0.05, 0.1) is 30.6 Å². The number of nitrogens with zero attached hydrogens (tertiary/aromatic N) is 2. The van der Waals surface area contributed by atoms with Crippen molar-refractivity contribution in [2.24, 2.45) is 0 Å². The van der Waals surface area contributed by atoms with Gasteiger partial charge in [-0.05, 0) is 54.7 Å². The molecule has 1 N–H and O–H groups in total. The maximum atomic E-state index is 10.3. The first-order valence-electron chi connectivity index (χ1n) is 9.56. The van der Waals surface area contributed by atoms with E-state index in [0.29, 0.717) is 42.5 Å². The number of carbonyl (C=O) groups is 1. The van der Waals surface area contributed by atoms with Crippen molar-refractivity contribution in [3.8, 4) is 22.8 Å². The van der Waals surface area contributed by atoms with E-state index < -0.39 is 0 Å². The predicted molar refractivity (Wildman–Crippen MR) is 117 cm³/mol. The molecular formula is C23H24ClN3O3. The number of benzene rings is 1. The van der Waals surface area contributed by atoms with E-state index in [1.165, 1.54) is 0 Å². The summed E-state index contributed by atoms with van der Waals surface area (Å²) in [5, 5.41) is 3.17. The van der Waals surface area contributed by atoms with Gasteiger partial charge in [-0.3, -0.25) is 14.8 Å². The van der Waals surface area contributed by atoms with E-state index in [9.17, 15) is 4.79 Å². The molecule has 3 rings (SSSR count). The third kappa shape index (κ3) is 5.07. The molecule has 0 aliphatic heterocycles. The summed E-state index contributed by atoms with van der Waals surface area (Å²) in [6.45, 7) is 4.75. The molecule has 3 aromatic rings. The van der Waals surface area contributed by atoms with Crippen LogP contribution in [-0.4, -0.2) is 36.6 Å². The zero-order valence-electron chi connectivity index (χ0n) is 17.2. The molecule has 0 spiro atoms. The van der Waals surface area contributed by atoms with E-state index in [4.69, 9.17) is 21.1 Å². The van der Waals surface area contributed by atoms with Crippen molar-refractivity contribution < 1.29 is 14.3 Å². The van der Waals surface area contributed by atoms with Crippen LogP contribution in [0, 0.1) is 13.8 Å². The number of aromatic nitrogens is 2. The minimum Gasteiger partial charge on any atom is -0.495 e. The Morgan fingerprint density at radius 1 is 1.17 bits per heavy atom. The van der Waals surface area contributed by atoms with E-state index in [1.807, 2.05) is 32.2 Å². The van der Waals surface area contributed by atoms with Gasteiger partial charge < -0.3 is 14.8 Å². The van der Waals surface area contributed by atoms with Gasteiger partial charge >= 0.3 is 0 Å². The monoisotopic (exact) mass is 425 g/mol. The number of carbonyl (C=O) groups excluding carboxylic acids is 1. The van der Waals surface area contributed by atoms with Crippen molar-refractivity contribution in [1.82, 2.24) is 15.3 Å². The van der Waals surface area contributed by atoms with Crippen LogP contribution in [0.4, 0.5) is 0 Å². The van der Waals surface area contributed by atoms with Crippen molar-refractivity contribution in [2.75, 3.05) is 20.3 Å². The molecule has 2 heterocycles. The molecule has 0 unspecified atom stereocenters. The Morgan fingerprint density at radius 2 is 2.00 bits per heavy atom. The maximum Gasteiger partial charge on any atom is 0.207 e. The number of rotatable bonds is 9. The number of amides is 1. The predicted octanol–water partition coefficient (Wildman–Crippen LogP) is 4.14. The molecule has 1 amide bonds. The molecule has 0 radical (unpaired) electrons. The van der Waals surface area contributed by atoms with Gasteiger partial charge in [-0.2, -0.15) is 0 Å². The van der Waals surface area contributed by atoms with E-state index in [0.717, 1.165) is 33.5 Å². The Balaban J connectivity index is 1.76. The molecule has 0 atom stereocenters. The van der Waals surface area contributed by atoms with Gasteiger partial charge in [0.2, 0.25) is 6.41 Å². The average Bonchev–Trinajstić information content (AvgIpc) is 2.77. The summed E-state index contributed by atoms with van der Waals surface area (Å²) >= 11 is 6.57. The minimum absolute atomic E-state index is 0.364. The van der Waals surface area contributed by atoms with Crippen LogP contribution in [0.5, 0.6) is 11.5 Å². The Morgan fingerprint density at radius 3 is 2.70 bits per heavy atom. The topological polar surface area (TPSA) is 73.3 Å². The summed E-state index contributed by atoms with van der Waals surface area (Å²) in [6, 6.07) is 8.03. The normalized spacial score (nSPS) is 10.5. The van der Waals surface area contributed by atoms with Crippen LogP contribution in [0.3, 0.4) is 0 Å². The van der Waals surface area contributed by atoms with Gasteiger partial charge in [-0.1, -0.05) is 23.7 Å². The Labute approximate surface area is 181 Å². The summed E-state index contributed by atoms with van der Waals surface area (Å²) in [5.41, 5.74) is 5.87. The third-order valence-electron chi connectivity index (χ3n) is 4.80. The molecule has 0 aliphatic carbocycles. The summed E-state index contributed by atoms with van der Waals surface area (Å²) < 4.78 is 11.0. The molecule has 0 bridgehead atoms. The zero-order chi connectivity index (χ0) is 21.5. The molecule has 7 heteroatoms. The fraction of sp³-hybridized carbons (Fsp3) is 0.261. The first-order valence-corrected chi connectivity index (χ1v) is 9.94. The SMILES string of the molecule is COc1cncc(-c2ccc(Cc3cc(C)c(OCCNC=O)c(Cl)c3C)cn2)c1. The molecule has 0 aliphatic rings. The Hall–Kier alpha value is -3.12. The van der Waals surface area contributed by atoms with Crippen LogP contribution in [0.15, 0.2) is 42.9 Å². The summed E-state index contributed by atoms with van der Waals surface area (Å²) in [4.78, 5) is 19.1. The van der Waals surface area contributed by atoms with Crippen LogP contribution in [0.25, 0.3) is 11.3 Å². The number of pyridine rings is 2. The number of ether oxygens (including phenoxy) is 2. The van der Waals surface area contributed by atoms with Gasteiger partial charge in [-0.25, -0.2) is 0 Å². The lowest BCUT2D eigenvalue weighted by atomic mass is 9.98. The van der Waals surface area contributed by atoms with Gasteiger partial charge in [0.25, 0.3) is 0 Å². The van der Waals surface area contributed by atoms with Crippen molar-refractivity contribution in [3.63, 3.8) is 0 Å². The highest BCUT2D eigenvalue weighted by Gasteiger charge is 2.14. The van der Waals surface area contributed by atoms with Crippen LogP contribution in [-0.2, 0) is 11.2 Å². The Kier molecular flexibility index (Phi) is 7.25. The Bertz CT molecular complexity index is 1020. The lowest BCUT2D eigenvalue weighted by Gasteiger charge is -2.16. The lowest BCUT2D eigenvalue weighted by molar-refractivity contribution is -0.109. The molecule has 0 fully saturated rings. The van der Waals surface area contributed by atoms with Gasteiger partial charge in [-0.15, -0.1) is 0 Å². The smallest absolute Gasteiger partial charge is 0.207 e. The fourth-order valence-corrected chi connectivity index (χ4v) is 3.47. The van der Waals surface area contributed by atoms with E-state index in [-0.39, 0.29) is 0 Å². The largest absolute Gasteiger partial charge is 0.495 e. The highest BCUT2D eigenvalue weighted by molar-refractivity contribution is 6.33. The first kappa shape index (κ1) is 21.6. The molecule has 0 saturated carbocycles. The maximum absolute atomic E-state index is 10.3. The summed E-state index contributed by atoms with van der Waals surface area (Å²) in [7, 11) is 1.62. The van der Waals surface area contributed by atoms with Gasteiger partial charge in [0.1, 0.15) is 18.1 Å². The van der Waals surface area contributed by atoms with Crippen molar-refractivity contribution in [2.45, 2.75) is 20.3 Å². The fourth-order valence-electron chi connectivity index (χ4n) is 3.14. The first-order chi connectivity index (χ1) is 14.5. The molecule has 6 nitrogen and oxygen atoms in total. The molecule has 0 saturated heterocycles. The number of halogens is 1. The number of hydrogen-bond acceptors (Lipinski definition) is 5. The van der Waals surface area contributed by atoms with Crippen LogP contribution < -0.4 is 14.8 Å². The van der Waals surface area contributed by atoms with Crippen LogP contribution in [0.2, 0.25) is 5.02 Å². The van der Waals surface area contributed by atoms with Gasteiger partial charge in [0.15, 0.2) is 0 Å². The van der Waals surface area contributed by atoms with Crippen LogP contribution >= 0.6 is 11.6 Å². The molecular weight excluding hydrogens is 402 g/mol. The lowest BCUT2D eigenvalue weighted by Crippen LogP contribution is -2.19. The van der Waals surface area contributed by atoms with Crippen molar-refractivity contribution in [3.05, 3.63) is 70.1 Å². The highest BCUT2D eigenvalue weighted by Crippen LogP contribution is 2.35. The minimum atomic E-state index is 0.364. The number of methoxy groups -OCH3 is 1. The third-order valence-corrected chi connectivity index (χ3v) is 5.25. The molecule has 156 valence electrons. The quantitative estimate of drug-likeness (QED) is 0.412. The molecule has 2 aromatic heterocycles. The standard InChI is InChI=1S/C23H24ClN3O3/c1-15-8-18(16(2)22(24)23(15)30-7-6-25-14-28)9-17-4-5-21(27-11-17)19-10-20(29-3)13-26-12-19/h4-5,8,10-14H,6-7,9H2,1-3H3,(H,25,28). The summed E-state index contributed by atoms with van der Waals surface area (Å²) in [5.74, 6) is 1.35. The van der Waals surface area contributed by atoms with E-state index in [1.54, 1.807) is 19.5 Å². The second-order valence-electron chi connectivity index (χ2n) is 6.88. The number of hydrogen-bond donors (Lipinski definition) is 1. The second-order valence-corrected chi connectivity index (χ2v) is 7.26. The van der Waals surface area contributed by atoms with Crippen molar-refractivity contribution in [1.29, 1.82) is 0 Å². The number of nitrogens with one attached hydrogen (secondary N) is 1. The van der Waals surface area contributed by atoms with Gasteiger partial charge in [0, 0.05) is 18.0 Å². The second kappa shape index (κ2) is 10.1. The molecule has 1 aromatic carbocycles. The highest BCUT2D eigenvalue weighted by atomic mass is 35.5. The number of aryl methyl sites for hydroxylation is 1.